The minimum absolute atomic E-state index is 0.0130. The highest BCUT2D eigenvalue weighted by atomic mass is 16.6. The molecule has 1 saturated heterocycles. The van der Waals surface area contributed by atoms with E-state index >= 15 is 0 Å². The van der Waals surface area contributed by atoms with Gasteiger partial charge in [-0.05, 0) is 50.1 Å². The molecule has 0 saturated carbocycles. The molecule has 0 bridgehead atoms. The molecule has 27 heavy (non-hydrogen) atoms. The monoisotopic (exact) mass is 370 g/mol. The van der Waals surface area contributed by atoms with Crippen LogP contribution in [0.15, 0.2) is 36.4 Å². The molecule has 0 aromatic heterocycles. The van der Waals surface area contributed by atoms with Crippen molar-refractivity contribution in [1.29, 1.82) is 0 Å². The van der Waals surface area contributed by atoms with Crippen LogP contribution in [0.5, 0.6) is 11.5 Å². The summed E-state index contributed by atoms with van der Waals surface area (Å²) in [6.07, 6.45) is 1.70. The first-order valence-electron chi connectivity index (χ1n) is 8.74. The molecular formula is C20H22N2O5. The van der Waals surface area contributed by atoms with Gasteiger partial charge in [0.2, 0.25) is 0 Å². The number of likely N-dealkylation sites (tertiary alicyclic amines) is 1. The van der Waals surface area contributed by atoms with Crippen LogP contribution in [0.3, 0.4) is 0 Å². The van der Waals surface area contributed by atoms with E-state index in [1.165, 1.54) is 12.1 Å². The highest BCUT2D eigenvalue weighted by molar-refractivity contribution is 5.95. The Morgan fingerprint density at radius 2 is 1.96 bits per heavy atom. The molecule has 1 aliphatic rings. The Labute approximate surface area is 157 Å². The number of methoxy groups -OCH3 is 2. The number of rotatable bonds is 5. The summed E-state index contributed by atoms with van der Waals surface area (Å²) in [5.74, 6) is 1.28. The quantitative estimate of drug-likeness (QED) is 0.589. The van der Waals surface area contributed by atoms with Gasteiger partial charge in [-0.15, -0.1) is 0 Å². The van der Waals surface area contributed by atoms with E-state index in [-0.39, 0.29) is 17.6 Å². The molecule has 0 aliphatic carbocycles. The molecule has 1 aliphatic heterocycles. The van der Waals surface area contributed by atoms with E-state index < -0.39 is 4.92 Å². The lowest BCUT2D eigenvalue weighted by Crippen LogP contribution is -2.30. The zero-order chi connectivity index (χ0) is 19.6. The zero-order valence-electron chi connectivity index (χ0n) is 15.6. The average molecular weight is 370 g/mol. The van der Waals surface area contributed by atoms with Crippen molar-refractivity contribution in [3.05, 3.63) is 63.2 Å². The molecule has 7 heteroatoms. The van der Waals surface area contributed by atoms with E-state index in [4.69, 9.17) is 9.47 Å². The van der Waals surface area contributed by atoms with Gasteiger partial charge in [0.1, 0.15) is 11.5 Å². The number of benzene rings is 2. The lowest BCUT2D eigenvalue weighted by atomic mass is 10.0. The molecule has 2 aromatic carbocycles. The minimum Gasteiger partial charge on any atom is -0.497 e. The summed E-state index contributed by atoms with van der Waals surface area (Å²) in [6.45, 7) is 2.27. The summed E-state index contributed by atoms with van der Waals surface area (Å²) in [6, 6.07) is 9.92. The van der Waals surface area contributed by atoms with Crippen molar-refractivity contribution < 1.29 is 19.2 Å². The molecule has 1 unspecified atom stereocenters. The SMILES string of the molecule is COc1ccc(OC)c(C2CCCN2C(=O)c2ccc([N+](=O)[O-])c(C)c2)c1. The maximum atomic E-state index is 13.1. The lowest BCUT2D eigenvalue weighted by molar-refractivity contribution is -0.385. The molecule has 1 atom stereocenters. The highest BCUT2D eigenvalue weighted by Crippen LogP contribution is 2.39. The molecule has 142 valence electrons. The number of carbonyl (C=O) groups is 1. The van der Waals surface area contributed by atoms with Gasteiger partial charge in [-0.3, -0.25) is 14.9 Å². The van der Waals surface area contributed by atoms with Crippen LogP contribution in [0.2, 0.25) is 0 Å². The van der Waals surface area contributed by atoms with Crippen molar-refractivity contribution in [1.82, 2.24) is 4.90 Å². The lowest BCUT2D eigenvalue weighted by Gasteiger charge is -2.27. The van der Waals surface area contributed by atoms with Crippen LogP contribution in [-0.2, 0) is 0 Å². The van der Waals surface area contributed by atoms with Gasteiger partial charge in [-0.2, -0.15) is 0 Å². The minimum atomic E-state index is -0.441. The van der Waals surface area contributed by atoms with Gasteiger partial charge in [0.25, 0.3) is 11.6 Å². The van der Waals surface area contributed by atoms with Gasteiger partial charge in [0.15, 0.2) is 0 Å². The van der Waals surface area contributed by atoms with Gasteiger partial charge in [0.05, 0.1) is 25.2 Å². The normalized spacial score (nSPS) is 16.3. The van der Waals surface area contributed by atoms with E-state index in [9.17, 15) is 14.9 Å². The van der Waals surface area contributed by atoms with Crippen LogP contribution in [0.1, 0.15) is 40.4 Å². The Hall–Kier alpha value is -3.09. The maximum absolute atomic E-state index is 13.1. The fourth-order valence-corrected chi connectivity index (χ4v) is 3.59. The molecule has 1 fully saturated rings. The Kier molecular flexibility index (Phi) is 5.30. The first kappa shape index (κ1) is 18.7. The fourth-order valence-electron chi connectivity index (χ4n) is 3.59. The molecule has 0 spiro atoms. The van der Waals surface area contributed by atoms with Gasteiger partial charge >= 0.3 is 0 Å². The van der Waals surface area contributed by atoms with Crippen molar-refractivity contribution in [3.8, 4) is 11.5 Å². The zero-order valence-corrected chi connectivity index (χ0v) is 15.6. The molecule has 3 rings (SSSR count). The number of nitro groups is 1. The fraction of sp³-hybridized carbons (Fsp3) is 0.350. The third-order valence-corrected chi connectivity index (χ3v) is 4.95. The summed E-state index contributed by atoms with van der Waals surface area (Å²) in [5.41, 5.74) is 1.84. The number of amides is 1. The number of nitro benzene ring substituents is 1. The summed E-state index contributed by atoms with van der Waals surface area (Å²) in [5, 5.41) is 11.0. The van der Waals surface area contributed by atoms with Crippen LogP contribution in [0.25, 0.3) is 0 Å². The first-order valence-corrected chi connectivity index (χ1v) is 8.74. The summed E-state index contributed by atoms with van der Waals surface area (Å²) >= 11 is 0. The number of hydrogen-bond acceptors (Lipinski definition) is 5. The molecule has 1 amide bonds. The van der Waals surface area contributed by atoms with Gasteiger partial charge in [0, 0.05) is 29.3 Å². The second-order valence-corrected chi connectivity index (χ2v) is 6.52. The molecule has 0 radical (unpaired) electrons. The number of ether oxygens (including phenoxy) is 2. The second-order valence-electron chi connectivity index (χ2n) is 6.52. The average Bonchev–Trinajstić information content (AvgIpc) is 3.16. The number of hydrogen-bond donors (Lipinski definition) is 0. The molecule has 2 aromatic rings. The summed E-state index contributed by atoms with van der Waals surface area (Å²) in [7, 11) is 3.20. The molecule has 1 heterocycles. The van der Waals surface area contributed by atoms with Crippen molar-refractivity contribution in [2.24, 2.45) is 0 Å². The standard InChI is InChI=1S/C20H22N2O5/c1-13-11-14(6-8-17(13)22(24)25)20(23)21-10-4-5-18(21)16-12-15(26-2)7-9-19(16)27-3/h6-9,11-12,18H,4-5,10H2,1-3H3. The first-order chi connectivity index (χ1) is 13.0. The molecular weight excluding hydrogens is 348 g/mol. The van der Waals surface area contributed by atoms with E-state index in [1.807, 2.05) is 18.2 Å². The molecule has 0 N–H and O–H groups in total. The third kappa shape index (κ3) is 3.58. The number of nitrogens with zero attached hydrogens (tertiary/aromatic N) is 2. The third-order valence-electron chi connectivity index (χ3n) is 4.95. The smallest absolute Gasteiger partial charge is 0.272 e. The van der Waals surface area contributed by atoms with Crippen LogP contribution in [0, 0.1) is 17.0 Å². The summed E-state index contributed by atoms with van der Waals surface area (Å²) < 4.78 is 10.8. The van der Waals surface area contributed by atoms with Crippen molar-refractivity contribution in [3.63, 3.8) is 0 Å². The predicted octanol–water partition coefficient (Wildman–Crippen LogP) is 3.90. The Balaban J connectivity index is 1.94. The predicted molar refractivity (Wildman–Crippen MR) is 100 cm³/mol. The molecule has 7 nitrogen and oxygen atoms in total. The topological polar surface area (TPSA) is 81.9 Å². The number of carbonyl (C=O) groups excluding carboxylic acids is 1. The Morgan fingerprint density at radius 1 is 1.19 bits per heavy atom. The van der Waals surface area contributed by atoms with E-state index in [1.54, 1.807) is 32.1 Å². The van der Waals surface area contributed by atoms with Crippen LogP contribution < -0.4 is 9.47 Å². The Morgan fingerprint density at radius 3 is 2.59 bits per heavy atom. The van der Waals surface area contributed by atoms with Gasteiger partial charge in [-0.25, -0.2) is 0 Å². The van der Waals surface area contributed by atoms with Gasteiger partial charge < -0.3 is 14.4 Å². The van der Waals surface area contributed by atoms with Crippen molar-refractivity contribution in [2.45, 2.75) is 25.8 Å². The van der Waals surface area contributed by atoms with E-state index in [2.05, 4.69) is 0 Å². The highest BCUT2D eigenvalue weighted by Gasteiger charge is 2.33. The number of aryl methyl sites for hydroxylation is 1. The summed E-state index contributed by atoms with van der Waals surface area (Å²) in [4.78, 5) is 25.5. The largest absolute Gasteiger partial charge is 0.497 e. The van der Waals surface area contributed by atoms with Crippen LogP contribution in [0.4, 0.5) is 5.69 Å². The van der Waals surface area contributed by atoms with Crippen molar-refractivity contribution >= 4 is 11.6 Å². The Bertz CT molecular complexity index is 881. The van der Waals surface area contributed by atoms with Crippen molar-refractivity contribution in [2.75, 3.05) is 20.8 Å². The van der Waals surface area contributed by atoms with Crippen LogP contribution >= 0.6 is 0 Å². The van der Waals surface area contributed by atoms with E-state index in [0.29, 0.717) is 29.2 Å². The maximum Gasteiger partial charge on any atom is 0.272 e. The van der Waals surface area contributed by atoms with Gasteiger partial charge in [-0.1, -0.05) is 0 Å². The van der Waals surface area contributed by atoms with E-state index in [0.717, 1.165) is 18.4 Å². The van der Waals surface area contributed by atoms with Crippen LogP contribution in [-0.4, -0.2) is 36.5 Å². The second kappa shape index (κ2) is 7.65.